The number of hydrogen-bond donors (Lipinski definition) is 5. The number of hydrogen-bond acceptors (Lipinski definition) is 3. The first kappa shape index (κ1) is 25.9. The molecule has 7 nitrogen and oxygen atoms in total. The van der Waals surface area contributed by atoms with Crippen molar-refractivity contribution in [3.8, 4) is 0 Å². The number of aromatic amines is 1. The van der Waals surface area contributed by atoms with Crippen molar-refractivity contribution in [3.63, 3.8) is 0 Å². The molecule has 0 spiro atoms. The summed E-state index contributed by atoms with van der Waals surface area (Å²) in [5, 5.41) is 10.7. The predicted octanol–water partition coefficient (Wildman–Crippen LogP) is 7.88. The number of nitrogens with one attached hydrogen (secondary N) is 5. The summed E-state index contributed by atoms with van der Waals surface area (Å²) in [5.74, 6) is -0.201. The van der Waals surface area contributed by atoms with Gasteiger partial charge in [0.15, 0.2) is 0 Å². The Morgan fingerprint density at radius 2 is 1.67 bits per heavy atom. The number of aryl methyl sites for hydroxylation is 1. The van der Waals surface area contributed by atoms with E-state index in [-0.39, 0.29) is 11.6 Å². The van der Waals surface area contributed by atoms with Gasteiger partial charge in [-0.15, -0.1) is 0 Å². The van der Waals surface area contributed by atoms with Gasteiger partial charge < -0.3 is 26.3 Å². The number of rotatable bonds is 5. The number of halogens is 4. The van der Waals surface area contributed by atoms with E-state index in [0.717, 1.165) is 29.0 Å². The average molecular weight is 552 g/mol. The summed E-state index contributed by atoms with van der Waals surface area (Å²) in [7, 11) is 0. The molecule has 0 atom stereocenters. The zero-order chi connectivity index (χ0) is 27.7. The molecule has 198 valence electrons. The Labute approximate surface area is 226 Å². The van der Waals surface area contributed by atoms with Gasteiger partial charge >= 0.3 is 12.2 Å². The van der Waals surface area contributed by atoms with Crippen LogP contribution in [0.3, 0.4) is 0 Å². The molecule has 3 amide bonds. The number of aromatic nitrogens is 1. The molecule has 4 aromatic rings. The largest absolute Gasteiger partial charge is 0.417 e. The summed E-state index contributed by atoms with van der Waals surface area (Å²) in [6.07, 6.45) is -1.08. The van der Waals surface area contributed by atoms with Crippen molar-refractivity contribution in [2.24, 2.45) is 0 Å². The summed E-state index contributed by atoms with van der Waals surface area (Å²) < 4.78 is 39.4. The lowest BCUT2D eigenvalue weighted by atomic mass is 10.1. The lowest BCUT2D eigenvalue weighted by Gasteiger charge is -2.14. The van der Waals surface area contributed by atoms with Crippen molar-refractivity contribution in [2.45, 2.75) is 13.1 Å². The van der Waals surface area contributed by atoms with Gasteiger partial charge in [0.05, 0.1) is 21.8 Å². The van der Waals surface area contributed by atoms with Gasteiger partial charge in [0, 0.05) is 40.2 Å². The third-order valence-corrected chi connectivity index (χ3v) is 6.36. The van der Waals surface area contributed by atoms with Crippen molar-refractivity contribution in [1.29, 1.82) is 0 Å². The van der Waals surface area contributed by atoms with Crippen LogP contribution in [-0.4, -0.2) is 16.9 Å². The first-order valence-electron chi connectivity index (χ1n) is 11.7. The highest BCUT2D eigenvalue weighted by Crippen LogP contribution is 2.37. The van der Waals surface area contributed by atoms with E-state index < -0.39 is 22.8 Å². The molecule has 1 aliphatic heterocycles. The molecule has 0 unspecified atom stereocenters. The van der Waals surface area contributed by atoms with Crippen LogP contribution in [0.15, 0.2) is 72.9 Å². The molecule has 0 fully saturated rings. The number of carbonyl (C=O) groups is 2. The fourth-order valence-corrected chi connectivity index (χ4v) is 4.33. The van der Waals surface area contributed by atoms with E-state index in [4.69, 9.17) is 11.6 Å². The van der Waals surface area contributed by atoms with Crippen LogP contribution in [-0.2, 0) is 11.0 Å². The summed E-state index contributed by atoms with van der Waals surface area (Å²) in [6.45, 7) is 1.88. The predicted molar refractivity (Wildman–Crippen MR) is 147 cm³/mol. The number of carbonyl (C=O) groups excluding carboxylic acids is 2. The number of amides is 3. The van der Waals surface area contributed by atoms with Gasteiger partial charge in [0.1, 0.15) is 0 Å². The first-order valence-corrected chi connectivity index (χ1v) is 12.1. The zero-order valence-electron chi connectivity index (χ0n) is 20.3. The van der Waals surface area contributed by atoms with E-state index in [0.29, 0.717) is 28.3 Å². The Hall–Kier alpha value is -4.70. The van der Waals surface area contributed by atoms with Crippen molar-refractivity contribution in [2.75, 3.05) is 21.3 Å². The SMILES string of the molecule is Cc1ccc(NC(=O)Nc2ccc(Cl)c(C(F)(F)F)c2)cc1Nc1ccc2c(c1)NC(=O)/C2=C/c1ccc[nH]1. The minimum absolute atomic E-state index is 0.0560. The van der Waals surface area contributed by atoms with Crippen LogP contribution in [0.1, 0.15) is 22.4 Å². The normalized spacial score (nSPS) is 13.7. The lowest BCUT2D eigenvalue weighted by Crippen LogP contribution is -2.20. The van der Waals surface area contributed by atoms with E-state index in [1.54, 1.807) is 30.5 Å². The highest BCUT2D eigenvalue weighted by Gasteiger charge is 2.33. The maximum absolute atomic E-state index is 13.1. The number of fused-ring (bicyclic) bond motifs is 1. The van der Waals surface area contributed by atoms with Crippen molar-refractivity contribution >= 4 is 63.6 Å². The summed E-state index contributed by atoms with van der Waals surface area (Å²) in [4.78, 5) is 28.1. The second-order valence-electron chi connectivity index (χ2n) is 8.82. The molecule has 1 aliphatic rings. The summed E-state index contributed by atoms with van der Waals surface area (Å²) >= 11 is 5.64. The highest BCUT2D eigenvalue weighted by atomic mass is 35.5. The number of benzene rings is 3. The van der Waals surface area contributed by atoms with Crippen LogP contribution in [0.4, 0.5) is 46.4 Å². The Balaban J connectivity index is 1.30. The van der Waals surface area contributed by atoms with Crippen molar-refractivity contribution in [1.82, 2.24) is 4.98 Å². The van der Waals surface area contributed by atoms with Gasteiger partial charge in [0.25, 0.3) is 5.91 Å². The Morgan fingerprint density at radius 1 is 0.949 bits per heavy atom. The molecule has 0 saturated heterocycles. The molecule has 5 N–H and O–H groups in total. The Bertz CT molecular complexity index is 1610. The summed E-state index contributed by atoms with van der Waals surface area (Å²) in [6, 6.07) is 16.8. The van der Waals surface area contributed by atoms with Crippen LogP contribution in [0, 0.1) is 6.92 Å². The smallest absolute Gasteiger partial charge is 0.362 e. The molecule has 0 aliphatic carbocycles. The van der Waals surface area contributed by atoms with E-state index in [9.17, 15) is 22.8 Å². The third kappa shape index (κ3) is 5.75. The monoisotopic (exact) mass is 551 g/mol. The standard InChI is InChI=1S/C28H21ClF3N5O2/c1-15-4-5-19(36-27(39)35-17-7-9-23(29)22(12-17)28(30,31)32)13-24(15)34-18-6-8-20-21(11-16-3-2-10-33-16)26(38)37-25(20)14-18/h2-14,33-34H,1H3,(H,37,38)(H2,35,36,39)/b21-11+. The minimum Gasteiger partial charge on any atom is -0.362 e. The lowest BCUT2D eigenvalue weighted by molar-refractivity contribution is -0.137. The fourth-order valence-electron chi connectivity index (χ4n) is 4.11. The Morgan fingerprint density at radius 3 is 2.38 bits per heavy atom. The molecular weight excluding hydrogens is 531 g/mol. The maximum Gasteiger partial charge on any atom is 0.417 e. The van der Waals surface area contributed by atoms with Gasteiger partial charge in [-0.05, 0) is 73.2 Å². The number of anilines is 5. The van der Waals surface area contributed by atoms with Gasteiger partial charge in [0.2, 0.25) is 0 Å². The van der Waals surface area contributed by atoms with Crippen molar-refractivity contribution < 1.29 is 22.8 Å². The highest BCUT2D eigenvalue weighted by molar-refractivity contribution is 6.35. The van der Waals surface area contributed by atoms with E-state index in [1.165, 1.54) is 6.07 Å². The van der Waals surface area contributed by atoms with E-state index in [1.807, 2.05) is 37.3 Å². The summed E-state index contributed by atoms with van der Waals surface area (Å²) in [5.41, 5.74) is 4.40. The second-order valence-corrected chi connectivity index (χ2v) is 9.23. The van der Waals surface area contributed by atoms with E-state index in [2.05, 4.69) is 26.3 Å². The topological polar surface area (TPSA) is 98.0 Å². The molecule has 1 aromatic heterocycles. The minimum atomic E-state index is -4.65. The Kier molecular flexibility index (Phi) is 6.80. The molecule has 0 radical (unpaired) electrons. The van der Waals surface area contributed by atoms with Crippen LogP contribution in [0.5, 0.6) is 0 Å². The van der Waals surface area contributed by atoms with Gasteiger partial charge in [-0.2, -0.15) is 13.2 Å². The molecule has 11 heteroatoms. The maximum atomic E-state index is 13.1. The fraction of sp³-hybridized carbons (Fsp3) is 0.0714. The van der Waals surface area contributed by atoms with Crippen LogP contribution in [0.2, 0.25) is 5.02 Å². The van der Waals surface area contributed by atoms with Gasteiger partial charge in [-0.25, -0.2) is 4.79 Å². The molecule has 0 bridgehead atoms. The number of urea groups is 1. The quantitative estimate of drug-likeness (QED) is 0.163. The second kappa shape index (κ2) is 10.2. The molecule has 2 heterocycles. The van der Waals surface area contributed by atoms with Crippen LogP contribution in [0.25, 0.3) is 11.6 Å². The molecular formula is C28H21ClF3N5O2. The molecule has 39 heavy (non-hydrogen) atoms. The van der Waals surface area contributed by atoms with E-state index >= 15 is 0 Å². The number of H-pyrrole nitrogens is 1. The first-order chi connectivity index (χ1) is 18.6. The zero-order valence-corrected chi connectivity index (χ0v) is 21.1. The third-order valence-electron chi connectivity index (χ3n) is 6.03. The molecule has 0 saturated carbocycles. The molecule has 3 aromatic carbocycles. The number of alkyl halides is 3. The van der Waals surface area contributed by atoms with Crippen LogP contribution < -0.4 is 21.3 Å². The van der Waals surface area contributed by atoms with Crippen LogP contribution >= 0.6 is 11.6 Å². The average Bonchev–Trinajstić information content (AvgIpc) is 3.49. The van der Waals surface area contributed by atoms with Gasteiger partial charge in [-0.3, -0.25) is 4.79 Å². The van der Waals surface area contributed by atoms with Crippen molar-refractivity contribution in [3.05, 3.63) is 100 Å². The van der Waals surface area contributed by atoms with Gasteiger partial charge in [-0.1, -0.05) is 23.7 Å². The molecule has 5 rings (SSSR count).